The van der Waals surface area contributed by atoms with Gasteiger partial charge in [-0.2, -0.15) is 0 Å². The Morgan fingerprint density at radius 2 is 1.72 bits per heavy atom. The average Bonchev–Trinajstić information content (AvgIpc) is 3.18. The van der Waals surface area contributed by atoms with Gasteiger partial charge in [-0.1, -0.05) is 42.5 Å². The normalized spacial score (nSPS) is 14.1. The first-order chi connectivity index (χ1) is 14.1. The SMILES string of the molecule is O=S(=O)(c1ccc2c(c1)CNCC2)n1ccc2cc(Cc3ccccc3)ccc21. The molecule has 0 saturated heterocycles. The molecular weight excluding hydrogens is 380 g/mol. The number of nitrogens with zero attached hydrogens (tertiary/aromatic N) is 1. The summed E-state index contributed by atoms with van der Waals surface area (Å²) in [5.41, 5.74) is 5.41. The number of hydrogen-bond acceptors (Lipinski definition) is 3. The van der Waals surface area contributed by atoms with Gasteiger partial charge in [-0.15, -0.1) is 0 Å². The van der Waals surface area contributed by atoms with Crippen molar-refractivity contribution in [1.82, 2.24) is 9.29 Å². The quantitative estimate of drug-likeness (QED) is 0.559. The first-order valence-corrected chi connectivity index (χ1v) is 11.3. The van der Waals surface area contributed by atoms with E-state index >= 15 is 0 Å². The van der Waals surface area contributed by atoms with Gasteiger partial charge in [-0.05, 0) is 72.0 Å². The van der Waals surface area contributed by atoms with E-state index < -0.39 is 10.0 Å². The van der Waals surface area contributed by atoms with Crippen LogP contribution in [0.15, 0.2) is 83.9 Å². The molecule has 4 aromatic rings. The van der Waals surface area contributed by atoms with Gasteiger partial charge in [-0.25, -0.2) is 12.4 Å². The maximum Gasteiger partial charge on any atom is 0.268 e. The van der Waals surface area contributed by atoms with Crippen molar-refractivity contribution in [2.24, 2.45) is 0 Å². The van der Waals surface area contributed by atoms with Crippen LogP contribution in [0.25, 0.3) is 10.9 Å². The standard InChI is InChI=1S/C24H22N2O2S/c27-29(28,23-8-7-20-10-12-25-17-22(20)16-23)26-13-11-21-15-19(6-9-24(21)26)14-18-4-2-1-3-5-18/h1-9,11,13,15-16,25H,10,12,14,17H2. The summed E-state index contributed by atoms with van der Waals surface area (Å²) >= 11 is 0. The summed E-state index contributed by atoms with van der Waals surface area (Å²) < 4.78 is 28.0. The molecule has 0 radical (unpaired) electrons. The van der Waals surface area contributed by atoms with Crippen molar-refractivity contribution in [2.75, 3.05) is 6.54 Å². The van der Waals surface area contributed by atoms with E-state index in [1.807, 2.05) is 48.5 Å². The van der Waals surface area contributed by atoms with Crippen LogP contribution in [0.1, 0.15) is 22.3 Å². The Hall–Kier alpha value is -2.89. The van der Waals surface area contributed by atoms with Crippen molar-refractivity contribution in [3.63, 3.8) is 0 Å². The fraction of sp³-hybridized carbons (Fsp3) is 0.167. The third kappa shape index (κ3) is 3.37. The monoisotopic (exact) mass is 402 g/mol. The van der Waals surface area contributed by atoms with E-state index in [9.17, 15) is 8.42 Å². The molecule has 1 N–H and O–H groups in total. The minimum absolute atomic E-state index is 0.339. The Balaban J connectivity index is 1.51. The summed E-state index contributed by atoms with van der Waals surface area (Å²) in [6.45, 7) is 1.65. The Morgan fingerprint density at radius 1 is 0.862 bits per heavy atom. The Morgan fingerprint density at radius 3 is 2.59 bits per heavy atom. The molecule has 146 valence electrons. The molecule has 0 spiro atoms. The third-order valence-electron chi connectivity index (χ3n) is 5.59. The lowest BCUT2D eigenvalue weighted by Crippen LogP contribution is -2.24. The second-order valence-corrected chi connectivity index (χ2v) is 9.34. The van der Waals surface area contributed by atoms with Crippen molar-refractivity contribution in [2.45, 2.75) is 24.3 Å². The summed E-state index contributed by atoms with van der Waals surface area (Å²) in [4.78, 5) is 0.339. The van der Waals surface area contributed by atoms with Crippen LogP contribution in [0.2, 0.25) is 0 Å². The highest BCUT2D eigenvalue weighted by atomic mass is 32.2. The van der Waals surface area contributed by atoms with Crippen LogP contribution in [-0.2, 0) is 29.4 Å². The van der Waals surface area contributed by atoms with E-state index in [-0.39, 0.29) is 0 Å². The molecule has 2 heterocycles. The van der Waals surface area contributed by atoms with Gasteiger partial charge in [0.05, 0.1) is 10.4 Å². The van der Waals surface area contributed by atoms with Crippen molar-refractivity contribution >= 4 is 20.9 Å². The van der Waals surface area contributed by atoms with Crippen LogP contribution < -0.4 is 5.32 Å². The number of hydrogen-bond donors (Lipinski definition) is 1. The second kappa shape index (κ2) is 7.17. The largest absolute Gasteiger partial charge is 0.312 e. The minimum Gasteiger partial charge on any atom is -0.312 e. The average molecular weight is 403 g/mol. The molecule has 1 aromatic heterocycles. The predicted octanol–water partition coefficient (Wildman–Crippen LogP) is 4.11. The molecule has 1 aliphatic heterocycles. The van der Waals surface area contributed by atoms with Gasteiger partial charge in [0.2, 0.25) is 0 Å². The Labute approximate surface area is 170 Å². The molecule has 0 bridgehead atoms. The van der Waals surface area contributed by atoms with E-state index in [0.29, 0.717) is 17.0 Å². The molecule has 0 saturated carbocycles. The lowest BCUT2D eigenvalue weighted by molar-refractivity contribution is 0.588. The van der Waals surface area contributed by atoms with E-state index in [1.165, 1.54) is 20.7 Å². The molecule has 0 amide bonds. The number of benzene rings is 3. The highest BCUT2D eigenvalue weighted by Crippen LogP contribution is 2.26. The molecule has 0 unspecified atom stereocenters. The van der Waals surface area contributed by atoms with Crippen LogP contribution in [0, 0.1) is 0 Å². The molecule has 0 fully saturated rings. The first kappa shape index (κ1) is 18.2. The predicted molar refractivity (Wildman–Crippen MR) is 116 cm³/mol. The highest BCUT2D eigenvalue weighted by Gasteiger charge is 2.21. The van der Waals surface area contributed by atoms with E-state index in [0.717, 1.165) is 30.3 Å². The van der Waals surface area contributed by atoms with Gasteiger partial charge >= 0.3 is 0 Å². The molecule has 0 atom stereocenters. The highest BCUT2D eigenvalue weighted by molar-refractivity contribution is 7.90. The fourth-order valence-electron chi connectivity index (χ4n) is 4.05. The summed E-state index contributed by atoms with van der Waals surface area (Å²) in [7, 11) is -3.64. The van der Waals surface area contributed by atoms with E-state index in [2.05, 4.69) is 23.5 Å². The van der Waals surface area contributed by atoms with Gasteiger partial charge < -0.3 is 5.32 Å². The third-order valence-corrected chi connectivity index (χ3v) is 7.28. The van der Waals surface area contributed by atoms with Crippen LogP contribution in [0.3, 0.4) is 0 Å². The Kier molecular flexibility index (Phi) is 4.49. The molecule has 29 heavy (non-hydrogen) atoms. The molecular formula is C24H22N2O2S. The smallest absolute Gasteiger partial charge is 0.268 e. The summed E-state index contributed by atoms with van der Waals surface area (Å²) in [6, 6.07) is 23.6. The zero-order valence-electron chi connectivity index (χ0n) is 16.0. The number of nitrogens with one attached hydrogen (secondary N) is 1. The summed E-state index contributed by atoms with van der Waals surface area (Å²) in [5.74, 6) is 0. The number of aromatic nitrogens is 1. The van der Waals surface area contributed by atoms with Crippen molar-refractivity contribution in [3.05, 3.63) is 101 Å². The lowest BCUT2D eigenvalue weighted by atomic mass is 10.0. The minimum atomic E-state index is -3.64. The van der Waals surface area contributed by atoms with Gasteiger partial charge in [0, 0.05) is 18.1 Å². The molecule has 0 aliphatic carbocycles. The lowest BCUT2D eigenvalue weighted by Gasteiger charge is -2.18. The zero-order chi connectivity index (χ0) is 19.8. The second-order valence-electron chi connectivity index (χ2n) is 7.53. The van der Waals surface area contributed by atoms with Crippen LogP contribution in [0.4, 0.5) is 0 Å². The topological polar surface area (TPSA) is 51.1 Å². The molecule has 5 heteroatoms. The maximum atomic E-state index is 13.3. The number of fused-ring (bicyclic) bond motifs is 2. The van der Waals surface area contributed by atoms with Crippen LogP contribution in [0.5, 0.6) is 0 Å². The summed E-state index contributed by atoms with van der Waals surface area (Å²) in [6.07, 6.45) is 3.42. The van der Waals surface area contributed by atoms with Crippen LogP contribution in [-0.4, -0.2) is 18.9 Å². The van der Waals surface area contributed by atoms with E-state index in [1.54, 1.807) is 12.3 Å². The summed E-state index contributed by atoms with van der Waals surface area (Å²) in [5, 5.41) is 4.24. The number of rotatable bonds is 4. The van der Waals surface area contributed by atoms with Crippen LogP contribution >= 0.6 is 0 Å². The van der Waals surface area contributed by atoms with E-state index in [4.69, 9.17) is 0 Å². The molecule has 3 aromatic carbocycles. The van der Waals surface area contributed by atoms with Crippen molar-refractivity contribution < 1.29 is 8.42 Å². The molecule has 1 aliphatic rings. The van der Waals surface area contributed by atoms with Crippen molar-refractivity contribution in [3.8, 4) is 0 Å². The van der Waals surface area contributed by atoms with Gasteiger partial charge in [0.25, 0.3) is 10.0 Å². The van der Waals surface area contributed by atoms with Crippen molar-refractivity contribution in [1.29, 1.82) is 0 Å². The fourth-order valence-corrected chi connectivity index (χ4v) is 5.45. The molecule has 4 nitrogen and oxygen atoms in total. The zero-order valence-corrected chi connectivity index (χ0v) is 16.8. The van der Waals surface area contributed by atoms with Gasteiger partial charge in [0.15, 0.2) is 0 Å². The Bertz CT molecular complexity index is 1290. The molecule has 5 rings (SSSR count). The first-order valence-electron chi connectivity index (χ1n) is 9.83. The maximum absolute atomic E-state index is 13.3. The van der Waals surface area contributed by atoms with Gasteiger partial charge in [-0.3, -0.25) is 0 Å². The van der Waals surface area contributed by atoms with Gasteiger partial charge in [0.1, 0.15) is 0 Å².